The molecule has 1 aromatic rings. The number of likely N-dealkylation sites (N-methyl/N-ethyl adjacent to an activating group) is 1. The lowest BCUT2D eigenvalue weighted by molar-refractivity contribution is 0.283. The van der Waals surface area contributed by atoms with E-state index in [9.17, 15) is 0 Å². The fraction of sp³-hybridized carbons (Fsp3) is 0.625. The van der Waals surface area contributed by atoms with Gasteiger partial charge in [0.25, 0.3) is 0 Å². The van der Waals surface area contributed by atoms with Crippen LogP contribution in [0.15, 0.2) is 24.3 Å². The van der Waals surface area contributed by atoms with Gasteiger partial charge in [0, 0.05) is 25.6 Å². The lowest BCUT2D eigenvalue weighted by Crippen LogP contribution is -2.35. The minimum atomic E-state index is 0.645. The van der Waals surface area contributed by atoms with Crippen molar-refractivity contribution in [1.29, 1.82) is 0 Å². The zero-order chi connectivity index (χ0) is 13.0. The Kier molecular flexibility index (Phi) is 4.79. The van der Waals surface area contributed by atoms with Gasteiger partial charge in [0.2, 0.25) is 0 Å². The molecule has 1 aliphatic heterocycles. The normalized spacial score (nSPS) is 19.3. The molecule has 2 nitrogen and oxygen atoms in total. The number of hydrogen-bond acceptors (Lipinski definition) is 2. The highest BCUT2D eigenvalue weighted by Crippen LogP contribution is 2.24. The first-order chi connectivity index (χ1) is 8.66. The van der Waals surface area contributed by atoms with E-state index in [1.165, 1.54) is 18.5 Å². The molecule has 0 radical (unpaired) electrons. The third-order valence-corrected chi connectivity index (χ3v) is 3.82. The van der Waals surface area contributed by atoms with Crippen molar-refractivity contribution in [2.45, 2.75) is 32.7 Å². The van der Waals surface area contributed by atoms with Gasteiger partial charge in [-0.05, 0) is 37.1 Å². The first-order valence-electron chi connectivity index (χ1n) is 7.14. The second-order valence-electron chi connectivity index (χ2n) is 5.97. The molecule has 0 amide bonds. The molecule has 1 aliphatic rings. The first-order valence-corrected chi connectivity index (χ1v) is 7.14. The number of nitrogens with one attached hydrogen (secondary N) is 1. The SMILES string of the molecule is CC(C)CCN(C)CC1CNCc2ccccc21. The van der Waals surface area contributed by atoms with E-state index in [0.717, 1.165) is 25.6 Å². The van der Waals surface area contributed by atoms with Gasteiger partial charge in [-0.15, -0.1) is 0 Å². The van der Waals surface area contributed by atoms with Gasteiger partial charge in [0.05, 0.1) is 0 Å². The second kappa shape index (κ2) is 6.35. The van der Waals surface area contributed by atoms with E-state index in [-0.39, 0.29) is 0 Å². The van der Waals surface area contributed by atoms with Crippen molar-refractivity contribution in [3.8, 4) is 0 Å². The Morgan fingerprint density at radius 2 is 2.11 bits per heavy atom. The molecule has 1 N–H and O–H groups in total. The van der Waals surface area contributed by atoms with Crippen molar-refractivity contribution < 1.29 is 0 Å². The Bertz CT molecular complexity index is 373. The summed E-state index contributed by atoms with van der Waals surface area (Å²) in [4.78, 5) is 2.48. The fourth-order valence-electron chi connectivity index (χ4n) is 2.69. The van der Waals surface area contributed by atoms with Gasteiger partial charge >= 0.3 is 0 Å². The van der Waals surface area contributed by atoms with Crippen LogP contribution in [0.2, 0.25) is 0 Å². The fourth-order valence-corrected chi connectivity index (χ4v) is 2.69. The molecule has 0 saturated carbocycles. The van der Waals surface area contributed by atoms with Gasteiger partial charge in [-0.3, -0.25) is 0 Å². The van der Waals surface area contributed by atoms with Crippen LogP contribution in [0.3, 0.4) is 0 Å². The molecule has 2 rings (SSSR count). The topological polar surface area (TPSA) is 15.3 Å². The summed E-state index contributed by atoms with van der Waals surface area (Å²) in [6.07, 6.45) is 1.29. The van der Waals surface area contributed by atoms with E-state index in [1.807, 2.05) is 0 Å². The predicted octanol–water partition coefficient (Wildman–Crippen LogP) is 2.85. The van der Waals surface area contributed by atoms with E-state index in [4.69, 9.17) is 0 Å². The van der Waals surface area contributed by atoms with E-state index in [1.54, 1.807) is 5.56 Å². The van der Waals surface area contributed by atoms with E-state index in [2.05, 4.69) is 55.4 Å². The number of nitrogens with zero attached hydrogens (tertiary/aromatic N) is 1. The Hall–Kier alpha value is -0.860. The summed E-state index contributed by atoms with van der Waals surface area (Å²) in [7, 11) is 2.25. The molecule has 0 saturated heterocycles. The van der Waals surface area contributed by atoms with Crippen LogP contribution in [0, 0.1) is 5.92 Å². The molecular weight excluding hydrogens is 220 g/mol. The monoisotopic (exact) mass is 246 g/mol. The molecule has 100 valence electrons. The minimum absolute atomic E-state index is 0.645. The van der Waals surface area contributed by atoms with Gasteiger partial charge in [-0.2, -0.15) is 0 Å². The lowest BCUT2D eigenvalue weighted by Gasteiger charge is -2.30. The van der Waals surface area contributed by atoms with Crippen molar-refractivity contribution in [3.63, 3.8) is 0 Å². The van der Waals surface area contributed by atoms with Crippen LogP contribution in [-0.4, -0.2) is 31.6 Å². The summed E-state index contributed by atoms with van der Waals surface area (Å²) in [6, 6.07) is 8.87. The summed E-state index contributed by atoms with van der Waals surface area (Å²) in [5, 5.41) is 3.53. The summed E-state index contributed by atoms with van der Waals surface area (Å²) in [6.45, 7) is 9.11. The molecule has 1 heterocycles. The van der Waals surface area contributed by atoms with Crippen LogP contribution in [0.1, 0.15) is 37.3 Å². The maximum Gasteiger partial charge on any atom is 0.0208 e. The van der Waals surface area contributed by atoms with Crippen molar-refractivity contribution in [1.82, 2.24) is 10.2 Å². The highest BCUT2D eigenvalue weighted by molar-refractivity contribution is 5.32. The van der Waals surface area contributed by atoms with Gasteiger partial charge in [0.1, 0.15) is 0 Å². The lowest BCUT2D eigenvalue weighted by atomic mass is 9.90. The van der Waals surface area contributed by atoms with Gasteiger partial charge < -0.3 is 10.2 Å². The maximum atomic E-state index is 3.53. The standard InChI is InChI=1S/C16H26N2/c1-13(2)8-9-18(3)12-15-11-17-10-14-6-4-5-7-16(14)15/h4-7,13,15,17H,8-12H2,1-3H3. The molecule has 18 heavy (non-hydrogen) atoms. The summed E-state index contributed by atoms with van der Waals surface area (Å²) in [5.74, 6) is 1.44. The molecule has 0 spiro atoms. The van der Waals surface area contributed by atoms with Crippen molar-refractivity contribution >= 4 is 0 Å². The van der Waals surface area contributed by atoms with E-state index in [0.29, 0.717) is 5.92 Å². The molecule has 1 aromatic carbocycles. The number of fused-ring (bicyclic) bond motifs is 1. The zero-order valence-electron chi connectivity index (χ0n) is 11.9. The second-order valence-corrected chi connectivity index (χ2v) is 5.97. The van der Waals surface area contributed by atoms with Gasteiger partial charge in [-0.25, -0.2) is 0 Å². The highest BCUT2D eigenvalue weighted by atomic mass is 15.1. The zero-order valence-corrected chi connectivity index (χ0v) is 11.9. The molecule has 0 aromatic heterocycles. The molecule has 0 aliphatic carbocycles. The highest BCUT2D eigenvalue weighted by Gasteiger charge is 2.20. The minimum Gasteiger partial charge on any atom is -0.312 e. The number of benzene rings is 1. The van der Waals surface area contributed by atoms with Gasteiger partial charge in [0.15, 0.2) is 0 Å². The third-order valence-electron chi connectivity index (χ3n) is 3.82. The largest absolute Gasteiger partial charge is 0.312 e. The van der Waals surface area contributed by atoms with Gasteiger partial charge in [-0.1, -0.05) is 38.1 Å². The Morgan fingerprint density at radius 1 is 1.33 bits per heavy atom. The summed E-state index contributed by atoms with van der Waals surface area (Å²) < 4.78 is 0. The van der Waals surface area contributed by atoms with Crippen LogP contribution in [0.4, 0.5) is 0 Å². The molecule has 0 bridgehead atoms. The average Bonchev–Trinajstić information content (AvgIpc) is 2.37. The van der Waals surface area contributed by atoms with Crippen molar-refractivity contribution in [3.05, 3.63) is 35.4 Å². The van der Waals surface area contributed by atoms with Crippen LogP contribution in [-0.2, 0) is 6.54 Å². The van der Waals surface area contributed by atoms with E-state index < -0.39 is 0 Å². The molecule has 1 atom stereocenters. The van der Waals surface area contributed by atoms with Crippen LogP contribution >= 0.6 is 0 Å². The third kappa shape index (κ3) is 3.56. The molecular formula is C16H26N2. The average molecular weight is 246 g/mol. The Balaban J connectivity index is 1.94. The number of hydrogen-bond donors (Lipinski definition) is 1. The van der Waals surface area contributed by atoms with Crippen LogP contribution in [0.5, 0.6) is 0 Å². The van der Waals surface area contributed by atoms with Crippen molar-refractivity contribution in [2.24, 2.45) is 5.92 Å². The van der Waals surface area contributed by atoms with Crippen LogP contribution in [0.25, 0.3) is 0 Å². The smallest absolute Gasteiger partial charge is 0.0208 e. The molecule has 0 fully saturated rings. The number of rotatable bonds is 5. The predicted molar refractivity (Wildman–Crippen MR) is 77.8 cm³/mol. The Morgan fingerprint density at radius 3 is 2.89 bits per heavy atom. The van der Waals surface area contributed by atoms with Crippen molar-refractivity contribution in [2.75, 3.05) is 26.7 Å². The van der Waals surface area contributed by atoms with Crippen LogP contribution < -0.4 is 5.32 Å². The maximum absolute atomic E-state index is 3.53. The summed E-state index contributed by atoms with van der Waals surface area (Å²) in [5.41, 5.74) is 3.03. The quantitative estimate of drug-likeness (QED) is 0.859. The summed E-state index contributed by atoms with van der Waals surface area (Å²) >= 11 is 0. The molecule has 1 unspecified atom stereocenters. The first kappa shape index (κ1) is 13.6. The van der Waals surface area contributed by atoms with E-state index >= 15 is 0 Å². The Labute approximate surface area is 111 Å². The molecule has 2 heteroatoms.